The van der Waals surface area contributed by atoms with Crippen LogP contribution in [0.1, 0.15) is 36.6 Å². The molecule has 0 aliphatic carbocycles. The third-order valence-electron chi connectivity index (χ3n) is 4.19. The Morgan fingerprint density at radius 1 is 1.36 bits per heavy atom. The van der Waals surface area contributed by atoms with Gasteiger partial charge < -0.3 is 20.3 Å². The van der Waals surface area contributed by atoms with E-state index in [1.54, 1.807) is 18.4 Å². The second-order valence-electron chi connectivity index (χ2n) is 6.11. The fourth-order valence-corrected chi connectivity index (χ4v) is 3.57. The molecular formula is C18H30N4O2S. The summed E-state index contributed by atoms with van der Waals surface area (Å²) < 4.78 is 5.53. The number of rotatable bonds is 9. The molecule has 1 aliphatic heterocycles. The number of fused-ring (bicyclic) bond motifs is 1. The number of hydrogen-bond acceptors (Lipinski definition) is 4. The van der Waals surface area contributed by atoms with E-state index >= 15 is 0 Å². The predicted molar refractivity (Wildman–Crippen MR) is 103 cm³/mol. The van der Waals surface area contributed by atoms with Gasteiger partial charge in [0.25, 0.3) is 0 Å². The second kappa shape index (κ2) is 11.1. The molecule has 2 rings (SSSR count). The normalized spacial score (nSPS) is 14.3. The van der Waals surface area contributed by atoms with Gasteiger partial charge in [0, 0.05) is 44.8 Å². The molecule has 140 valence electrons. The molecule has 0 saturated heterocycles. The highest BCUT2D eigenvalue weighted by molar-refractivity contribution is 7.10. The van der Waals surface area contributed by atoms with Gasteiger partial charge in [-0.05, 0) is 36.3 Å². The van der Waals surface area contributed by atoms with Crippen LogP contribution in [-0.2, 0) is 22.5 Å². The van der Waals surface area contributed by atoms with Crippen molar-refractivity contribution in [2.24, 2.45) is 4.99 Å². The monoisotopic (exact) mass is 366 g/mol. The smallest absolute Gasteiger partial charge is 0.242 e. The number of ether oxygens (including phenoxy) is 1. The van der Waals surface area contributed by atoms with Gasteiger partial charge >= 0.3 is 0 Å². The Balaban J connectivity index is 1.61. The van der Waals surface area contributed by atoms with Crippen LogP contribution < -0.4 is 10.6 Å². The van der Waals surface area contributed by atoms with Crippen molar-refractivity contribution in [3.63, 3.8) is 0 Å². The summed E-state index contributed by atoms with van der Waals surface area (Å²) in [5, 5.41) is 8.43. The molecule has 0 bridgehead atoms. The average molecular weight is 367 g/mol. The maximum atomic E-state index is 12.4. The standard InChI is InChI=1S/C18H30N4O2S/c1-3-4-10-24-11-5-8-20-18(19-2)21-13-17(23)22-9-6-16-15(14-22)7-12-25-16/h7,12H,3-6,8-11,13-14H2,1-2H3,(H2,19,20,21). The summed E-state index contributed by atoms with van der Waals surface area (Å²) in [6.07, 6.45) is 4.16. The molecular weight excluding hydrogens is 336 g/mol. The minimum atomic E-state index is 0.114. The highest BCUT2D eigenvalue weighted by Crippen LogP contribution is 2.23. The van der Waals surface area contributed by atoms with E-state index in [4.69, 9.17) is 4.74 Å². The van der Waals surface area contributed by atoms with Crippen molar-refractivity contribution < 1.29 is 9.53 Å². The largest absolute Gasteiger partial charge is 0.381 e. The summed E-state index contributed by atoms with van der Waals surface area (Å²) in [6.45, 7) is 6.31. The minimum Gasteiger partial charge on any atom is -0.381 e. The van der Waals surface area contributed by atoms with E-state index in [0.29, 0.717) is 5.96 Å². The zero-order valence-corrected chi connectivity index (χ0v) is 16.2. The summed E-state index contributed by atoms with van der Waals surface area (Å²) >= 11 is 1.79. The van der Waals surface area contributed by atoms with Crippen LogP contribution in [0.3, 0.4) is 0 Å². The van der Waals surface area contributed by atoms with Crippen LogP contribution in [0.2, 0.25) is 0 Å². The van der Waals surface area contributed by atoms with Gasteiger partial charge in [0.05, 0.1) is 6.54 Å². The van der Waals surface area contributed by atoms with Gasteiger partial charge in [0.2, 0.25) is 5.91 Å². The maximum absolute atomic E-state index is 12.4. The summed E-state index contributed by atoms with van der Waals surface area (Å²) in [7, 11) is 1.72. The van der Waals surface area contributed by atoms with Crippen LogP contribution >= 0.6 is 11.3 Å². The lowest BCUT2D eigenvalue weighted by Crippen LogP contribution is -2.46. The fourth-order valence-electron chi connectivity index (χ4n) is 2.68. The van der Waals surface area contributed by atoms with Gasteiger partial charge in [-0.1, -0.05) is 13.3 Å². The molecule has 7 heteroatoms. The van der Waals surface area contributed by atoms with Gasteiger partial charge in [-0.3, -0.25) is 9.79 Å². The summed E-state index contributed by atoms with van der Waals surface area (Å²) in [6, 6.07) is 2.12. The molecule has 0 saturated carbocycles. The number of hydrogen-bond donors (Lipinski definition) is 2. The Morgan fingerprint density at radius 3 is 3.00 bits per heavy atom. The third kappa shape index (κ3) is 6.66. The lowest BCUT2D eigenvalue weighted by Gasteiger charge is -2.27. The number of carbonyl (C=O) groups excluding carboxylic acids is 1. The van der Waals surface area contributed by atoms with Crippen molar-refractivity contribution in [3.05, 3.63) is 21.9 Å². The van der Waals surface area contributed by atoms with Crippen LogP contribution in [0.4, 0.5) is 0 Å². The zero-order valence-electron chi connectivity index (χ0n) is 15.3. The number of nitrogens with zero attached hydrogens (tertiary/aromatic N) is 2. The summed E-state index contributed by atoms with van der Waals surface area (Å²) in [5.74, 6) is 0.776. The van der Waals surface area contributed by atoms with Crippen LogP contribution in [0.15, 0.2) is 16.4 Å². The number of amides is 1. The van der Waals surface area contributed by atoms with Crippen molar-refractivity contribution in [2.45, 2.75) is 39.2 Å². The number of thiophene rings is 1. The quantitative estimate of drug-likeness (QED) is 0.399. The van der Waals surface area contributed by atoms with E-state index in [9.17, 15) is 4.79 Å². The molecule has 0 atom stereocenters. The molecule has 1 aliphatic rings. The number of unbranched alkanes of at least 4 members (excludes halogenated alkanes) is 1. The molecule has 1 aromatic rings. The highest BCUT2D eigenvalue weighted by Gasteiger charge is 2.21. The Morgan fingerprint density at radius 2 is 2.20 bits per heavy atom. The number of aliphatic imine (C=N–C) groups is 1. The van der Waals surface area contributed by atoms with Crippen LogP contribution in [-0.4, -0.2) is 56.7 Å². The van der Waals surface area contributed by atoms with Crippen molar-refractivity contribution in [1.29, 1.82) is 0 Å². The first-order valence-corrected chi connectivity index (χ1v) is 9.97. The van der Waals surface area contributed by atoms with E-state index in [1.165, 1.54) is 10.4 Å². The third-order valence-corrected chi connectivity index (χ3v) is 5.21. The molecule has 1 aromatic heterocycles. The molecule has 2 heterocycles. The lowest BCUT2D eigenvalue weighted by molar-refractivity contribution is -0.130. The first-order valence-electron chi connectivity index (χ1n) is 9.10. The maximum Gasteiger partial charge on any atom is 0.242 e. The van der Waals surface area contributed by atoms with Crippen LogP contribution in [0.5, 0.6) is 0 Å². The summed E-state index contributed by atoms with van der Waals surface area (Å²) in [4.78, 5) is 19.9. The van der Waals surface area contributed by atoms with Gasteiger partial charge in [-0.15, -0.1) is 11.3 Å². The van der Waals surface area contributed by atoms with E-state index in [0.717, 1.165) is 58.5 Å². The SMILES string of the molecule is CCCCOCCCNC(=NC)NCC(=O)N1CCc2sccc2C1. The molecule has 0 radical (unpaired) electrons. The van der Waals surface area contributed by atoms with E-state index in [-0.39, 0.29) is 12.5 Å². The second-order valence-corrected chi connectivity index (χ2v) is 7.11. The molecule has 6 nitrogen and oxygen atoms in total. The molecule has 0 fully saturated rings. The van der Waals surface area contributed by atoms with Crippen molar-refractivity contribution in [3.8, 4) is 0 Å². The highest BCUT2D eigenvalue weighted by atomic mass is 32.1. The fraction of sp³-hybridized carbons (Fsp3) is 0.667. The van der Waals surface area contributed by atoms with Crippen molar-refractivity contribution >= 4 is 23.2 Å². The number of guanidine groups is 1. The van der Waals surface area contributed by atoms with Crippen LogP contribution in [0.25, 0.3) is 0 Å². The minimum absolute atomic E-state index is 0.114. The van der Waals surface area contributed by atoms with Gasteiger partial charge in [-0.25, -0.2) is 0 Å². The zero-order chi connectivity index (χ0) is 17.9. The van der Waals surface area contributed by atoms with Crippen molar-refractivity contribution in [1.82, 2.24) is 15.5 Å². The number of carbonyl (C=O) groups is 1. The van der Waals surface area contributed by atoms with E-state index in [2.05, 4.69) is 34.0 Å². The molecule has 25 heavy (non-hydrogen) atoms. The van der Waals surface area contributed by atoms with E-state index < -0.39 is 0 Å². The van der Waals surface area contributed by atoms with Crippen LogP contribution in [0, 0.1) is 0 Å². The molecule has 1 amide bonds. The first kappa shape index (κ1) is 19.7. The Bertz CT molecular complexity index is 559. The van der Waals surface area contributed by atoms with Crippen molar-refractivity contribution in [2.75, 3.05) is 39.9 Å². The first-order chi connectivity index (χ1) is 12.2. The van der Waals surface area contributed by atoms with Gasteiger partial charge in [-0.2, -0.15) is 0 Å². The Labute approximate surface area is 154 Å². The molecule has 0 aromatic carbocycles. The van der Waals surface area contributed by atoms with Gasteiger partial charge in [0.1, 0.15) is 0 Å². The topological polar surface area (TPSA) is 66.0 Å². The number of nitrogens with one attached hydrogen (secondary N) is 2. The lowest BCUT2D eigenvalue weighted by atomic mass is 10.1. The Hall–Kier alpha value is -1.60. The molecule has 2 N–H and O–H groups in total. The summed E-state index contributed by atoms with van der Waals surface area (Å²) in [5.41, 5.74) is 1.29. The molecule has 0 unspecified atom stereocenters. The predicted octanol–water partition coefficient (Wildman–Crippen LogP) is 2.00. The molecule has 0 spiro atoms. The average Bonchev–Trinajstić information content (AvgIpc) is 3.10. The Kier molecular flexibility index (Phi) is 8.76. The van der Waals surface area contributed by atoms with E-state index in [1.807, 2.05) is 4.90 Å². The van der Waals surface area contributed by atoms with Gasteiger partial charge in [0.15, 0.2) is 5.96 Å².